The van der Waals surface area contributed by atoms with Crippen LogP contribution in [0.2, 0.25) is 0 Å². The lowest BCUT2D eigenvalue weighted by Crippen LogP contribution is -2.17. The first-order valence-corrected chi connectivity index (χ1v) is 3.92. The summed E-state index contributed by atoms with van der Waals surface area (Å²) in [5, 5.41) is 8.44. The number of aliphatic carboxylic acids is 1. The number of carboxylic acid groups (broad SMARTS) is 1. The number of ketones is 1. The van der Waals surface area contributed by atoms with Gasteiger partial charge in [-0.15, -0.1) is 0 Å². The van der Waals surface area contributed by atoms with E-state index in [1.165, 1.54) is 0 Å². The summed E-state index contributed by atoms with van der Waals surface area (Å²) in [6.07, 6.45) is 3.06. The van der Waals surface area contributed by atoms with E-state index in [2.05, 4.69) is 0 Å². The molecule has 1 saturated carbocycles. The molecule has 1 rings (SSSR count). The van der Waals surface area contributed by atoms with Crippen molar-refractivity contribution in [1.82, 2.24) is 0 Å². The summed E-state index contributed by atoms with van der Waals surface area (Å²) < 4.78 is 0. The van der Waals surface area contributed by atoms with Crippen molar-refractivity contribution in [3.63, 3.8) is 0 Å². The Bertz CT molecular complexity index is 172. The fourth-order valence-corrected chi connectivity index (χ4v) is 1.54. The lowest BCUT2D eigenvalue weighted by molar-refractivity contribution is -0.138. The Hall–Kier alpha value is -0.860. The Morgan fingerprint density at radius 2 is 2.36 bits per heavy atom. The van der Waals surface area contributed by atoms with Crippen LogP contribution in [0.3, 0.4) is 0 Å². The van der Waals surface area contributed by atoms with E-state index in [1.54, 1.807) is 0 Å². The van der Waals surface area contributed by atoms with Gasteiger partial charge in [-0.1, -0.05) is 0 Å². The van der Waals surface area contributed by atoms with E-state index in [9.17, 15) is 9.59 Å². The highest BCUT2D eigenvalue weighted by molar-refractivity contribution is 5.80. The molecule has 0 unspecified atom stereocenters. The van der Waals surface area contributed by atoms with Gasteiger partial charge in [0.25, 0.3) is 0 Å². The minimum absolute atomic E-state index is 0.105. The monoisotopic (exact) mass is 156 g/mol. The fourth-order valence-electron chi connectivity index (χ4n) is 1.54. The zero-order valence-corrected chi connectivity index (χ0v) is 6.38. The summed E-state index contributed by atoms with van der Waals surface area (Å²) in [5.41, 5.74) is 0. The number of carbonyl (C=O) groups excluding carboxylic acids is 1. The van der Waals surface area contributed by atoms with Crippen LogP contribution in [0.25, 0.3) is 0 Å². The molecule has 0 saturated heterocycles. The van der Waals surface area contributed by atoms with Gasteiger partial charge in [-0.05, 0) is 18.8 Å². The molecule has 0 aliphatic heterocycles. The smallest absolute Gasteiger partial charge is 0.303 e. The van der Waals surface area contributed by atoms with Crippen molar-refractivity contribution in [2.45, 2.75) is 32.1 Å². The maximum absolute atomic E-state index is 10.9. The van der Waals surface area contributed by atoms with Crippen molar-refractivity contribution in [2.24, 2.45) is 5.92 Å². The molecule has 3 nitrogen and oxygen atoms in total. The first-order chi connectivity index (χ1) is 5.18. The van der Waals surface area contributed by atoms with Gasteiger partial charge >= 0.3 is 5.97 Å². The van der Waals surface area contributed by atoms with Crippen LogP contribution in [0.1, 0.15) is 32.1 Å². The fraction of sp³-hybridized carbons (Fsp3) is 0.750. The normalized spacial score (nSPS) is 25.1. The first kappa shape index (κ1) is 8.24. The van der Waals surface area contributed by atoms with E-state index >= 15 is 0 Å². The highest BCUT2D eigenvalue weighted by atomic mass is 16.4. The summed E-state index contributed by atoms with van der Waals surface area (Å²) in [6.45, 7) is 0. The van der Waals surface area contributed by atoms with E-state index in [0.29, 0.717) is 12.8 Å². The van der Waals surface area contributed by atoms with Crippen molar-refractivity contribution in [1.29, 1.82) is 0 Å². The summed E-state index contributed by atoms with van der Waals surface area (Å²) in [7, 11) is 0. The number of carboxylic acids is 1. The second-order valence-electron chi connectivity index (χ2n) is 3.10. The van der Waals surface area contributed by atoms with Crippen LogP contribution in [0, 0.1) is 5.92 Å². The summed E-state index contributed by atoms with van der Waals surface area (Å²) in [6, 6.07) is 0. The van der Waals surface area contributed by atoms with Crippen LogP contribution in [-0.2, 0) is 9.59 Å². The largest absolute Gasteiger partial charge is 0.481 e. The van der Waals surface area contributed by atoms with Gasteiger partial charge in [0.05, 0.1) is 0 Å². The van der Waals surface area contributed by atoms with E-state index in [0.717, 1.165) is 12.8 Å². The molecule has 1 aliphatic carbocycles. The van der Waals surface area contributed by atoms with Gasteiger partial charge < -0.3 is 5.11 Å². The molecule has 0 heterocycles. The third-order valence-corrected chi connectivity index (χ3v) is 2.05. The molecule has 0 bridgehead atoms. The van der Waals surface area contributed by atoms with Gasteiger partial charge in [-0.25, -0.2) is 0 Å². The van der Waals surface area contributed by atoms with Gasteiger partial charge in [-0.3, -0.25) is 9.59 Å². The van der Waals surface area contributed by atoms with Crippen LogP contribution in [0.5, 0.6) is 0 Å². The summed E-state index contributed by atoms with van der Waals surface area (Å²) in [5.74, 6) is -0.457. The lowest BCUT2D eigenvalue weighted by atomic mass is 9.86. The summed E-state index contributed by atoms with van der Waals surface area (Å²) >= 11 is 0. The van der Waals surface area contributed by atoms with Crippen LogP contribution >= 0.6 is 0 Å². The standard InChI is InChI=1S/C8H12O3/c9-7-3-1-2-6(4-7)5-8(10)11/h6H,1-5H2,(H,10,11)/t6-/m0/s1. The molecule has 1 fully saturated rings. The zero-order valence-electron chi connectivity index (χ0n) is 6.38. The number of Topliss-reactive ketones (excluding diaryl/α,β-unsaturated/α-hetero) is 1. The Kier molecular flexibility index (Phi) is 2.63. The first-order valence-electron chi connectivity index (χ1n) is 3.92. The Morgan fingerprint density at radius 3 is 2.91 bits per heavy atom. The van der Waals surface area contributed by atoms with Crippen LogP contribution in [0.4, 0.5) is 0 Å². The van der Waals surface area contributed by atoms with E-state index in [-0.39, 0.29) is 18.1 Å². The predicted molar refractivity (Wildman–Crippen MR) is 39.2 cm³/mol. The molecular weight excluding hydrogens is 144 g/mol. The van der Waals surface area contributed by atoms with Crippen LogP contribution in [-0.4, -0.2) is 16.9 Å². The Morgan fingerprint density at radius 1 is 1.64 bits per heavy atom. The van der Waals surface area contributed by atoms with E-state index in [1.807, 2.05) is 0 Å². The quantitative estimate of drug-likeness (QED) is 0.654. The van der Waals surface area contributed by atoms with Gasteiger partial charge in [0.15, 0.2) is 0 Å². The molecule has 0 radical (unpaired) electrons. The number of hydrogen-bond acceptors (Lipinski definition) is 2. The molecule has 11 heavy (non-hydrogen) atoms. The third-order valence-electron chi connectivity index (χ3n) is 2.05. The van der Waals surface area contributed by atoms with Crippen molar-refractivity contribution < 1.29 is 14.7 Å². The minimum atomic E-state index is -0.787. The number of carbonyl (C=O) groups is 2. The minimum Gasteiger partial charge on any atom is -0.481 e. The molecule has 1 aliphatic rings. The van der Waals surface area contributed by atoms with Gasteiger partial charge in [-0.2, -0.15) is 0 Å². The summed E-state index contributed by atoms with van der Waals surface area (Å²) in [4.78, 5) is 21.1. The van der Waals surface area contributed by atoms with Crippen molar-refractivity contribution in [2.75, 3.05) is 0 Å². The van der Waals surface area contributed by atoms with Crippen molar-refractivity contribution >= 4 is 11.8 Å². The average Bonchev–Trinajstić information content (AvgIpc) is 1.85. The zero-order chi connectivity index (χ0) is 8.27. The van der Waals surface area contributed by atoms with Crippen molar-refractivity contribution in [3.8, 4) is 0 Å². The highest BCUT2D eigenvalue weighted by Gasteiger charge is 2.21. The molecule has 62 valence electrons. The molecule has 0 aromatic heterocycles. The molecule has 1 N–H and O–H groups in total. The van der Waals surface area contributed by atoms with Gasteiger partial charge in [0, 0.05) is 19.3 Å². The molecular formula is C8H12O3. The van der Waals surface area contributed by atoms with Gasteiger partial charge in [0.2, 0.25) is 0 Å². The predicted octanol–water partition coefficient (Wildman–Crippen LogP) is 1.22. The molecule has 0 amide bonds. The Labute approximate surface area is 65.4 Å². The van der Waals surface area contributed by atoms with Crippen LogP contribution in [0.15, 0.2) is 0 Å². The molecule has 0 spiro atoms. The lowest BCUT2D eigenvalue weighted by Gasteiger charge is -2.18. The topological polar surface area (TPSA) is 54.4 Å². The van der Waals surface area contributed by atoms with Gasteiger partial charge in [0.1, 0.15) is 5.78 Å². The number of hydrogen-bond donors (Lipinski definition) is 1. The third kappa shape index (κ3) is 2.70. The van der Waals surface area contributed by atoms with E-state index in [4.69, 9.17) is 5.11 Å². The SMILES string of the molecule is O=C(O)C[C@H]1CCCC(=O)C1. The number of rotatable bonds is 2. The molecule has 3 heteroatoms. The average molecular weight is 156 g/mol. The Balaban J connectivity index is 2.34. The second-order valence-corrected chi connectivity index (χ2v) is 3.10. The maximum Gasteiger partial charge on any atom is 0.303 e. The van der Waals surface area contributed by atoms with Crippen molar-refractivity contribution in [3.05, 3.63) is 0 Å². The van der Waals surface area contributed by atoms with Crippen LogP contribution < -0.4 is 0 Å². The molecule has 0 aromatic rings. The molecule has 1 atom stereocenters. The maximum atomic E-state index is 10.9. The van der Waals surface area contributed by atoms with E-state index < -0.39 is 5.97 Å². The highest BCUT2D eigenvalue weighted by Crippen LogP contribution is 2.23. The second kappa shape index (κ2) is 3.51. The molecule has 0 aromatic carbocycles.